The molecule has 0 saturated carbocycles. The molecule has 4 nitrogen and oxygen atoms in total. The second-order valence-electron chi connectivity index (χ2n) is 5.06. The van der Waals surface area contributed by atoms with E-state index >= 15 is 0 Å². The molecule has 1 aromatic heterocycles. The van der Waals surface area contributed by atoms with Gasteiger partial charge in [0.25, 0.3) is 0 Å². The molecule has 0 aliphatic heterocycles. The molecule has 0 aliphatic rings. The first-order valence-corrected chi connectivity index (χ1v) is 5.60. The first kappa shape index (κ1) is 12.2. The molecule has 0 atom stereocenters. The molecule has 15 heavy (non-hydrogen) atoms. The number of aromatic nitrogens is 3. The highest BCUT2D eigenvalue weighted by atomic mass is 15.3. The van der Waals surface area contributed by atoms with Gasteiger partial charge in [-0.05, 0) is 11.8 Å². The van der Waals surface area contributed by atoms with E-state index in [0.717, 1.165) is 31.9 Å². The first-order valence-electron chi connectivity index (χ1n) is 5.60. The zero-order chi connectivity index (χ0) is 11.3. The van der Waals surface area contributed by atoms with Crippen molar-refractivity contribution in [3.63, 3.8) is 0 Å². The van der Waals surface area contributed by atoms with Crippen molar-refractivity contribution in [2.75, 3.05) is 6.54 Å². The number of hydrogen-bond acceptors (Lipinski definition) is 3. The summed E-state index contributed by atoms with van der Waals surface area (Å²) in [4.78, 5) is 4.24. The van der Waals surface area contributed by atoms with E-state index in [1.165, 1.54) is 0 Å². The molecule has 1 N–H and O–H groups in total. The third kappa shape index (κ3) is 4.42. The summed E-state index contributed by atoms with van der Waals surface area (Å²) in [5, 5.41) is 7.59. The highest BCUT2D eigenvalue weighted by Crippen LogP contribution is 2.10. The number of aryl methyl sites for hydroxylation is 1. The molecule has 4 heteroatoms. The minimum atomic E-state index is 0.315. The van der Waals surface area contributed by atoms with Crippen LogP contribution in [0.15, 0.2) is 6.33 Å². The fourth-order valence-corrected chi connectivity index (χ4v) is 1.37. The van der Waals surface area contributed by atoms with Crippen LogP contribution in [0.25, 0.3) is 0 Å². The van der Waals surface area contributed by atoms with Crippen LogP contribution in [0.4, 0.5) is 0 Å². The molecule has 0 radical (unpaired) electrons. The van der Waals surface area contributed by atoms with Crippen LogP contribution in [-0.4, -0.2) is 21.3 Å². The molecule has 0 aliphatic carbocycles. The van der Waals surface area contributed by atoms with Gasteiger partial charge in [-0.1, -0.05) is 27.7 Å². The van der Waals surface area contributed by atoms with E-state index in [1.54, 1.807) is 6.33 Å². The molecule has 0 aromatic carbocycles. The summed E-state index contributed by atoms with van der Waals surface area (Å²) in [5.41, 5.74) is 0.315. The Morgan fingerprint density at radius 3 is 2.73 bits per heavy atom. The molecule has 86 valence electrons. The lowest BCUT2D eigenvalue weighted by Gasteiger charge is -2.18. The van der Waals surface area contributed by atoms with Crippen molar-refractivity contribution in [2.45, 2.75) is 47.2 Å². The first-order chi connectivity index (χ1) is 7.03. The van der Waals surface area contributed by atoms with Crippen LogP contribution in [-0.2, 0) is 13.1 Å². The lowest BCUT2D eigenvalue weighted by molar-refractivity contribution is 0.373. The molecule has 0 unspecified atom stereocenters. The van der Waals surface area contributed by atoms with Gasteiger partial charge < -0.3 is 5.32 Å². The lowest BCUT2D eigenvalue weighted by Crippen LogP contribution is -2.27. The van der Waals surface area contributed by atoms with Crippen molar-refractivity contribution in [3.8, 4) is 0 Å². The summed E-state index contributed by atoms with van der Waals surface area (Å²) >= 11 is 0. The summed E-state index contributed by atoms with van der Waals surface area (Å²) in [6.07, 6.45) is 2.72. The fraction of sp³-hybridized carbons (Fsp3) is 0.818. The van der Waals surface area contributed by atoms with Crippen LogP contribution in [0.1, 0.15) is 39.9 Å². The summed E-state index contributed by atoms with van der Waals surface area (Å²) in [6, 6.07) is 0. The Hall–Kier alpha value is -0.900. The molecule has 1 heterocycles. The SMILES string of the molecule is CCCn1ncnc1CNCC(C)(C)C. The average molecular weight is 210 g/mol. The normalized spacial score (nSPS) is 12.0. The van der Waals surface area contributed by atoms with Gasteiger partial charge >= 0.3 is 0 Å². The van der Waals surface area contributed by atoms with Crippen LogP contribution in [0, 0.1) is 5.41 Å². The number of hydrogen-bond donors (Lipinski definition) is 1. The van der Waals surface area contributed by atoms with Gasteiger partial charge in [0.1, 0.15) is 12.2 Å². The van der Waals surface area contributed by atoms with Gasteiger partial charge in [-0.3, -0.25) is 0 Å². The minimum absolute atomic E-state index is 0.315. The van der Waals surface area contributed by atoms with Crippen molar-refractivity contribution in [1.29, 1.82) is 0 Å². The van der Waals surface area contributed by atoms with Crippen LogP contribution in [0.5, 0.6) is 0 Å². The Kier molecular flexibility index (Phi) is 4.27. The molecule has 0 saturated heterocycles. The summed E-state index contributed by atoms with van der Waals surface area (Å²) < 4.78 is 1.97. The van der Waals surface area contributed by atoms with E-state index < -0.39 is 0 Å². The predicted octanol–water partition coefficient (Wildman–Crippen LogP) is 1.82. The van der Waals surface area contributed by atoms with Gasteiger partial charge in [0.2, 0.25) is 0 Å². The Labute approximate surface area is 92.1 Å². The molecule has 0 spiro atoms. The Bertz CT molecular complexity index is 285. The number of nitrogens with zero attached hydrogens (tertiary/aromatic N) is 3. The predicted molar refractivity (Wildman–Crippen MR) is 61.5 cm³/mol. The molecular formula is C11H22N4. The van der Waals surface area contributed by atoms with Crippen molar-refractivity contribution in [1.82, 2.24) is 20.1 Å². The maximum atomic E-state index is 4.24. The largest absolute Gasteiger partial charge is 0.309 e. The number of nitrogens with one attached hydrogen (secondary N) is 1. The summed E-state index contributed by atoms with van der Waals surface area (Å²) in [7, 11) is 0. The molecule has 0 amide bonds. The summed E-state index contributed by atoms with van der Waals surface area (Å²) in [5.74, 6) is 1.03. The molecule has 0 bridgehead atoms. The van der Waals surface area contributed by atoms with E-state index in [4.69, 9.17) is 0 Å². The Balaban J connectivity index is 2.40. The van der Waals surface area contributed by atoms with Crippen LogP contribution in [0.2, 0.25) is 0 Å². The van der Waals surface area contributed by atoms with Gasteiger partial charge in [-0.15, -0.1) is 0 Å². The highest BCUT2D eigenvalue weighted by Gasteiger charge is 2.10. The van der Waals surface area contributed by atoms with Gasteiger partial charge in [0.05, 0.1) is 6.54 Å². The van der Waals surface area contributed by atoms with Crippen molar-refractivity contribution in [3.05, 3.63) is 12.2 Å². The van der Waals surface area contributed by atoms with Crippen molar-refractivity contribution in [2.24, 2.45) is 5.41 Å². The average Bonchev–Trinajstić information content (AvgIpc) is 2.51. The quantitative estimate of drug-likeness (QED) is 0.806. The monoisotopic (exact) mass is 210 g/mol. The molecular weight excluding hydrogens is 188 g/mol. The van der Waals surface area contributed by atoms with E-state index in [2.05, 4.69) is 43.1 Å². The van der Waals surface area contributed by atoms with E-state index in [9.17, 15) is 0 Å². The minimum Gasteiger partial charge on any atom is -0.309 e. The third-order valence-corrected chi connectivity index (χ3v) is 2.07. The summed E-state index contributed by atoms with van der Waals surface area (Å²) in [6.45, 7) is 11.5. The van der Waals surface area contributed by atoms with Crippen molar-refractivity contribution < 1.29 is 0 Å². The zero-order valence-electron chi connectivity index (χ0n) is 10.2. The standard InChI is InChI=1S/C11H22N4/c1-5-6-15-10(13-9-14-15)7-12-8-11(2,3)4/h9,12H,5-8H2,1-4H3. The lowest BCUT2D eigenvalue weighted by atomic mass is 9.97. The Morgan fingerprint density at radius 2 is 2.13 bits per heavy atom. The molecule has 0 fully saturated rings. The smallest absolute Gasteiger partial charge is 0.140 e. The maximum Gasteiger partial charge on any atom is 0.140 e. The third-order valence-electron chi connectivity index (χ3n) is 2.07. The van der Waals surface area contributed by atoms with Crippen LogP contribution >= 0.6 is 0 Å². The van der Waals surface area contributed by atoms with Gasteiger partial charge in [-0.25, -0.2) is 9.67 Å². The molecule has 1 aromatic rings. The van der Waals surface area contributed by atoms with E-state index in [-0.39, 0.29) is 0 Å². The van der Waals surface area contributed by atoms with Gasteiger partial charge in [0.15, 0.2) is 0 Å². The second-order valence-corrected chi connectivity index (χ2v) is 5.06. The van der Waals surface area contributed by atoms with Gasteiger partial charge in [0, 0.05) is 13.1 Å². The topological polar surface area (TPSA) is 42.7 Å². The second kappa shape index (κ2) is 5.26. The maximum absolute atomic E-state index is 4.24. The van der Waals surface area contributed by atoms with Crippen LogP contribution < -0.4 is 5.32 Å². The fourth-order valence-electron chi connectivity index (χ4n) is 1.37. The van der Waals surface area contributed by atoms with E-state index in [0.29, 0.717) is 5.41 Å². The number of rotatable bonds is 5. The van der Waals surface area contributed by atoms with E-state index in [1.807, 2.05) is 4.68 Å². The van der Waals surface area contributed by atoms with Gasteiger partial charge in [-0.2, -0.15) is 5.10 Å². The molecule has 1 rings (SSSR count). The Morgan fingerprint density at radius 1 is 1.40 bits per heavy atom. The van der Waals surface area contributed by atoms with Crippen molar-refractivity contribution >= 4 is 0 Å². The highest BCUT2D eigenvalue weighted by molar-refractivity contribution is 4.84. The zero-order valence-corrected chi connectivity index (χ0v) is 10.2. The van der Waals surface area contributed by atoms with Crippen LogP contribution in [0.3, 0.4) is 0 Å².